The van der Waals surface area contributed by atoms with Crippen LogP contribution >= 0.6 is 0 Å². The second kappa shape index (κ2) is 8.58. The Morgan fingerprint density at radius 3 is 2.69 bits per heavy atom. The Labute approximate surface area is 174 Å². The monoisotopic (exact) mass is 400 g/mol. The molecule has 1 N–H and O–H groups in total. The fourth-order valence-corrected chi connectivity index (χ4v) is 5.31. The zero-order chi connectivity index (χ0) is 20.5. The van der Waals surface area contributed by atoms with Gasteiger partial charge in [-0.25, -0.2) is 4.98 Å². The molecule has 2 aliphatic heterocycles. The van der Waals surface area contributed by atoms with Crippen molar-refractivity contribution < 1.29 is 4.79 Å². The van der Waals surface area contributed by atoms with E-state index < -0.39 is 0 Å². The molecule has 1 amide bonds. The Kier molecular flexibility index (Phi) is 6.09. The van der Waals surface area contributed by atoms with Crippen molar-refractivity contribution in [1.82, 2.24) is 19.8 Å². The third kappa shape index (κ3) is 4.14. The van der Waals surface area contributed by atoms with Crippen LogP contribution in [0.25, 0.3) is 0 Å². The molecule has 1 aliphatic carbocycles. The Morgan fingerprint density at radius 2 is 1.97 bits per heavy atom. The minimum atomic E-state index is -0.0765. The molecule has 0 radical (unpaired) electrons. The molecular formula is C23H36N4O2. The minimum absolute atomic E-state index is 0.00159. The number of carbonyl (C=O) groups excluding carboxylic acids is 1. The predicted octanol–water partition coefficient (Wildman–Crippen LogP) is 3.42. The summed E-state index contributed by atoms with van der Waals surface area (Å²) in [5.74, 6) is 1.74. The molecule has 3 heterocycles. The minimum Gasteiger partial charge on any atom is -0.332 e. The first-order valence-corrected chi connectivity index (χ1v) is 11.6. The fourth-order valence-electron chi connectivity index (χ4n) is 5.31. The van der Waals surface area contributed by atoms with E-state index in [0.29, 0.717) is 11.9 Å². The van der Waals surface area contributed by atoms with E-state index in [1.807, 2.05) is 18.7 Å². The molecule has 1 aromatic rings. The molecular weight excluding hydrogens is 364 g/mol. The summed E-state index contributed by atoms with van der Waals surface area (Å²) in [6.45, 7) is 8.85. The zero-order valence-electron chi connectivity index (χ0n) is 18.2. The summed E-state index contributed by atoms with van der Waals surface area (Å²) in [6, 6.07) is 0.532. The number of likely N-dealkylation sites (tertiary alicyclic amines) is 1. The van der Waals surface area contributed by atoms with Crippen molar-refractivity contribution in [3.05, 3.63) is 27.4 Å². The highest BCUT2D eigenvalue weighted by Crippen LogP contribution is 2.33. The normalized spacial score (nSPS) is 28.9. The highest BCUT2D eigenvalue weighted by Gasteiger charge is 2.35. The Balaban J connectivity index is 1.52. The van der Waals surface area contributed by atoms with Gasteiger partial charge in [0.2, 0.25) is 5.91 Å². The summed E-state index contributed by atoms with van der Waals surface area (Å²) in [5.41, 5.74) is 1.80. The molecule has 2 atom stereocenters. The number of H-pyrrole nitrogens is 1. The molecule has 1 aromatic heterocycles. The summed E-state index contributed by atoms with van der Waals surface area (Å²) in [5, 5.41) is 0. The maximum absolute atomic E-state index is 13.0. The van der Waals surface area contributed by atoms with Gasteiger partial charge in [-0.15, -0.1) is 0 Å². The highest BCUT2D eigenvalue weighted by atomic mass is 16.2. The van der Waals surface area contributed by atoms with Crippen LogP contribution in [0.1, 0.15) is 88.8 Å². The quantitative estimate of drug-likeness (QED) is 0.841. The number of carbonyl (C=O) groups is 1. The summed E-state index contributed by atoms with van der Waals surface area (Å²) < 4.78 is 0. The molecule has 0 bridgehead atoms. The second-order valence-electron chi connectivity index (χ2n) is 9.51. The Bertz CT molecular complexity index is 797. The zero-order valence-corrected chi connectivity index (χ0v) is 18.2. The summed E-state index contributed by atoms with van der Waals surface area (Å²) in [7, 11) is 0. The van der Waals surface area contributed by atoms with Crippen molar-refractivity contribution >= 4 is 5.91 Å². The number of amides is 1. The van der Waals surface area contributed by atoms with E-state index in [2.05, 4.69) is 16.8 Å². The first kappa shape index (κ1) is 20.6. The molecule has 4 rings (SSSR count). The third-order valence-electron chi connectivity index (χ3n) is 7.50. The van der Waals surface area contributed by atoms with E-state index in [0.717, 1.165) is 62.5 Å². The van der Waals surface area contributed by atoms with Crippen LogP contribution in [-0.2, 0) is 17.8 Å². The molecule has 6 nitrogen and oxygen atoms in total. The topological polar surface area (TPSA) is 69.3 Å². The lowest BCUT2D eigenvalue weighted by atomic mass is 9.86. The van der Waals surface area contributed by atoms with Crippen LogP contribution < -0.4 is 5.56 Å². The molecule has 29 heavy (non-hydrogen) atoms. The summed E-state index contributed by atoms with van der Waals surface area (Å²) in [6.07, 6.45) is 8.62. The molecule has 0 unspecified atom stereocenters. The van der Waals surface area contributed by atoms with Crippen molar-refractivity contribution in [2.75, 3.05) is 13.1 Å². The van der Waals surface area contributed by atoms with E-state index in [9.17, 15) is 9.59 Å². The van der Waals surface area contributed by atoms with Gasteiger partial charge in [-0.2, -0.15) is 0 Å². The van der Waals surface area contributed by atoms with Crippen molar-refractivity contribution in [3.8, 4) is 0 Å². The first-order valence-electron chi connectivity index (χ1n) is 11.6. The van der Waals surface area contributed by atoms with Gasteiger partial charge >= 0.3 is 0 Å². The van der Waals surface area contributed by atoms with Crippen molar-refractivity contribution in [2.24, 2.45) is 11.8 Å². The lowest BCUT2D eigenvalue weighted by Crippen LogP contribution is -2.44. The molecule has 1 saturated carbocycles. The molecule has 2 fully saturated rings. The lowest BCUT2D eigenvalue weighted by molar-refractivity contribution is -0.136. The average molecular weight is 401 g/mol. The molecule has 3 aliphatic rings. The fraction of sp³-hybridized carbons (Fsp3) is 0.783. The highest BCUT2D eigenvalue weighted by molar-refractivity contribution is 5.79. The predicted molar refractivity (Wildman–Crippen MR) is 114 cm³/mol. The molecule has 160 valence electrons. The Hall–Kier alpha value is -1.69. The number of hydrogen-bond donors (Lipinski definition) is 1. The molecule has 1 saturated heterocycles. The van der Waals surface area contributed by atoms with Crippen LogP contribution in [0.2, 0.25) is 0 Å². The van der Waals surface area contributed by atoms with Gasteiger partial charge in [-0.3, -0.25) is 14.5 Å². The second-order valence-corrected chi connectivity index (χ2v) is 9.51. The third-order valence-corrected chi connectivity index (χ3v) is 7.50. The van der Waals surface area contributed by atoms with E-state index >= 15 is 0 Å². The van der Waals surface area contributed by atoms with Crippen molar-refractivity contribution in [1.29, 1.82) is 0 Å². The van der Waals surface area contributed by atoms with Crippen LogP contribution in [-0.4, -0.2) is 44.8 Å². The number of nitrogens with zero attached hydrogens (tertiary/aromatic N) is 3. The molecule has 0 aromatic carbocycles. The standard InChI is InChI=1S/C23H36N4O2/c1-4-16(3)23(29)27-12-5-6-20(27)21-24-19-11-13-26(14-18(19)22(28)25-21)17-9-7-15(2)8-10-17/h15-17,20H,4-14H2,1-3H3,(H,24,25,28)/t15?,16-,17?,20-/m1/s1. The van der Waals surface area contributed by atoms with Crippen LogP contribution in [0.15, 0.2) is 4.79 Å². The van der Waals surface area contributed by atoms with Crippen molar-refractivity contribution in [3.63, 3.8) is 0 Å². The average Bonchev–Trinajstić information content (AvgIpc) is 3.23. The van der Waals surface area contributed by atoms with E-state index in [-0.39, 0.29) is 23.4 Å². The number of nitrogens with one attached hydrogen (secondary N) is 1. The number of hydrogen-bond acceptors (Lipinski definition) is 4. The SMILES string of the molecule is CC[C@@H](C)C(=O)N1CCC[C@@H]1c1nc2c(c(=O)[nH]1)CN(C1CCC(C)CC1)CC2. The van der Waals surface area contributed by atoms with Crippen molar-refractivity contribution in [2.45, 2.75) is 90.8 Å². The van der Waals surface area contributed by atoms with Crippen LogP contribution in [0.5, 0.6) is 0 Å². The number of rotatable bonds is 4. The Morgan fingerprint density at radius 1 is 1.21 bits per heavy atom. The number of aromatic nitrogens is 2. The number of aromatic amines is 1. The van der Waals surface area contributed by atoms with Gasteiger partial charge in [0.05, 0.1) is 17.3 Å². The number of fused-ring (bicyclic) bond motifs is 1. The largest absolute Gasteiger partial charge is 0.332 e. The van der Waals surface area contributed by atoms with E-state index in [4.69, 9.17) is 4.98 Å². The summed E-state index contributed by atoms with van der Waals surface area (Å²) >= 11 is 0. The maximum atomic E-state index is 13.0. The van der Waals surface area contributed by atoms with Gasteiger partial charge in [0, 0.05) is 38.0 Å². The van der Waals surface area contributed by atoms with Crippen LogP contribution in [0.3, 0.4) is 0 Å². The van der Waals surface area contributed by atoms with E-state index in [1.165, 1.54) is 25.7 Å². The van der Waals surface area contributed by atoms with Gasteiger partial charge in [-0.1, -0.05) is 20.8 Å². The van der Waals surface area contributed by atoms with Gasteiger partial charge in [0.25, 0.3) is 5.56 Å². The van der Waals surface area contributed by atoms with Gasteiger partial charge in [0.1, 0.15) is 5.82 Å². The van der Waals surface area contributed by atoms with E-state index in [1.54, 1.807) is 0 Å². The van der Waals surface area contributed by atoms with Gasteiger partial charge in [-0.05, 0) is 50.9 Å². The molecule has 6 heteroatoms. The van der Waals surface area contributed by atoms with Gasteiger partial charge in [0.15, 0.2) is 0 Å². The summed E-state index contributed by atoms with van der Waals surface area (Å²) in [4.78, 5) is 38.1. The van der Waals surface area contributed by atoms with Crippen LogP contribution in [0, 0.1) is 11.8 Å². The lowest BCUT2D eigenvalue weighted by Gasteiger charge is -2.38. The van der Waals surface area contributed by atoms with Gasteiger partial charge < -0.3 is 9.88 Å². The van der Waals surface area contributed by atoms with Crippen LogP contribution in [0.4, 0.5) is 0 Å². The smallest absolute Gasteiger partial charge is 0.255 e. The maximum Gasteiger partial charge on any atom is 0.255 e. The molecule has 0 spiro atoms. The first-order chi connectivity index (χ1) is 14.0.